The zero-order valence-electron chi connectivity index (χ0n) is 45.3. The standard InChI is InChI=1S/C58H82N2O11/c1-15-64-19-23-68-52-39-27-40-31-47(57(9,10)11)34-43(53(40)69-24-20-65-16-2)29-44-37-50(59-38(5)61)51(60(62)63)49(55(44)71-26-22-67-18-4)36-45-35-48(58(12,13)14)33-42(54(45)70-25-21-66-17-3)28-41(52)32-46(30-39)56(6,7)8/h30-35,37H,15-29,36H2,1-14H3,(H,59,61). The Hall–Kier alpha value is -5.21. The molecule has 0 saturated heterocycles. The van der Waals surface area contributed by atoms with Crippen LogP contribution in [0.3, 0.4) is 0 Å². The molecule has 5 rings (SSSR count). The second kappa shape index (κ2) is 25.4. The van der Waals surface area contributed by atoms with Crippen molar-refractivity contribution in [3.05, 3.63) is 114 Å². The highest BCUT2D eigenvalue weighted by molar-refractivity contribution is 5.93. The van der Waals surface area contributed by atoms with E-state index >= 15 is 0 Å². The molecular formula is C58H82N2O11. The van der Waals surface area contributed by atoms with Crippen LogP contribution in [-0.4, -0.2) is 90.1 Å². The number of carbonyl (C=O) groups excluding carboxylic acids is 1. The molecule has 4 aromatic carbocycles. The van der Waals surface area contributed by atoms with Gasteiger partial charge in [0, 0.05) is 64.6 Å². The third-order valence-corrected chi connectivity index (χ3v) is 12.5. The van der Waals surface area contributed by atoms with E-state index in [0.717, 1.165) is 55.8 Å². The van der Waals surface area contributed by atoms with E-state index in [1.54, 1.807) is 6.07 Å². The molecule has 0 aromatic heterocycles. The Morgan fingerprint density at radius 1 is 0.479 bits per heavy atom. The number of nitrogens with one attached hydrogen (secondary N) is 1. The van der Waals surface area contributed by atoms with E-state index in [9.17, 15) is 14.9 Å². The number of nitrogens with zero attached hydrogens (tertiary/aromatic N) is 1. The lowest BCUT2D eigenvalue weighted by molar-refractivity contribution is -0.384. The summed E-state index contributed by atoms with van der Waals surface area (Å²) in [6.07, 6.45) is 1.12. The summed E-state index contributed by atoms with van der Waals surface area (Å²) >= 11 is 0. The van der Waals surface area contributed by atoms with Gasteiger partial charge in [-0.3, -0.25) is 14.9 Å². The SMILES string of the molecule is CCOCCOc1c2cc(C(C)(C)C)cc1Cc1cc(C(C)(C)C)cc(c1OCCOCC)Cc1c(OCCOCC)c(cc(NC(C)=O)c1[N+](=O)[O-])Cc1cc(C(C)(C)C)cc(c1OCCOCC)C2. The van der Waals surface area contributed by atoms with Crippen LogP contribution in [0.2, 0.25) is 0 Å². The quantitative estimate of drug-likeness (QED) is 0.0402. The molecule has 4 aromatic rings. The van der Waals surface area contributed by atoms with E-state index in [1.165, 1.54) is 6.92 Å². The van der Waals surface area contributed by atoms with Gasteiger partial charge >= 0.3 is 0 Å². The maximum atomic E-state index is 13.7. The predicted octanol–water partition coefficient (Wildman–Crippen LogP) is 11.8. The Morgan fingerprint density at radius 3 is 1.03 bits per heavy atom. The fourth-order valence-corrected chi connectivity index (χ4v) is 8.84. The summed E-state index contributed by atoms with van der Waals surface area (Å²) in [7, 11) is 0. The smallest absolute Gasteiger partial charge is 0.299 e. The number of rotatable bonds is 22. The van der Waals surface area contributed by atoms with Crippen LogP contribution in [0, 0.1) is 10.1 Å². The summed E-state index contributed by atoms with van der Waals surface area (Å²) in [6, 6.07) is 14.9. The van der Waals surface area contributed by atoms with Gasteiger partial charge in [-0.2, -0.15) is 0 Å². The van der Waals surface area contributed by atoms with Crippen LogP contribution in [0.1, 0.15) is 158 Å². The maximum Gasteiger partial charge on any atom is 0.299 e. The zero-order valence-corrected chi connectivity index (χ0v) is 45.3. The van der Waals surface area contributed by atoms with Crippen molar-refractivity contribution in [2.75, 3.05) is 84.6 Å². The van der Waals surface area contributed by atoms with Crippen LogP contribution < -0.4 is 24.3 Å². The third-order valence-electron chi connectivity index (χ3n) is 12.5. The first-order valence-corrected chi connectivity index (χ1v) is 25.5. The average molecular weight is 983 g/mol. The fourth-order valence-electron chi connectivity index (χ4n) is 8.84. The first kappa shape index (κ1) is 56.7. The average Bonchev–Trinajstić information content (AvgIpc) is 3.27. The number of benzene rings is 4. The summed E-state index contributed by atoms with van der Waals surface area (Å²) in [5, 5.41) is 16.5. The van der Waals surface area contributed by atoms with Crippen LogP contribution in [0.4, 0.5) is 11.4 Å². The van der Waals surface area contributed by atoms with Crippen LogP contribution in [0.5, 0.6) is 23.0 Å². The van der Waals surface area contributed by atoms with Gasteiger partial charge in [-0.15, -0.1) is 0 Å². The van der Waals surface area contributed by atoms with E-state index < -0.39 is 10.8 Å². The van der Waals surface area contributed by atoms with Gasteiger partial charge in [-0.05, 0) is 100 Å². The maximum absolute atomic E-state index is 13.7. The lowest BCUT2D eigenvalue weighted by atomic mass is 9.80. The first-order chi connectivity index (χ1) is 33.6. The van der Waals surface area contributed by atoms with Gasteiger partial charge in [0.25, 0.3) is 5.69 Å². The summed E-state index contributed by atoms with van der Waals surface area (Å²) < 4.78 is 50.7. The lowest BCUT2D eigenvalue weighted by Crippen LogP contribution is -2.19. The molecule has 13 heteroatoms. The molecule has 1 aliphatic carbocycles. The molecule has 390 valence electrons. The van der Waals surface area contributed by atoms with Crippen LogP contribution >= 0.6 is 0 Å². The highest BCUT2D eigenvalue weighted by Crippen LogP contribution is 2.47. The molecule has 1 amide bonds. The molecule has 13 nitrogen and oxygen atoms in total. The van der Waals surface area contributed by atoms with Gasteiger partial charge in [0.1, 0.15) is 55.1 Å². The van der Waals surface area contributed by atoms with Crippen LogP contribution in [0.15, 0.2) is 42.5 Å². The monoisotopic (exact) mass is 983 g/mol. The predicted molar refractivity (Wildman–Crippen MR) is 282 cm³/mol. The molecular weight excluding hydrogens is 901 g/mol. The minimum atomic E-state index is -0.443. The third kappa shape index (κ3) is 15.4. The number of nitro benzene ring substituents is 1. The van der Waals surface area contributed by atoms with Crippen molar-refractivity contribution >= 4 is 17.3 Å². The molecule has 8 bridgehead atoms. The minimum Gasteiger partial charge on any atom is -0.491 e. The number of amides is 1. The Morgan fingerprint density at radius 2 is 0.761 bits per heavy atom. The fraction of sp³-hybridized carbons (Fsp3) is 0.569. The van der Waals surface area contributed by atoms with Crippen molar-refractivity contribution in [1.29, 1.82) is 0 Å². The van der Waals surface area contributed by atoms with E-state index in [4.69, 9.17) is 37.9 Å². The van der Waals surface area contributed by atoms with Gasteiger partial charge in [-0.25, -0.2) is 0 Å². The van der Waals surface area contributed by atoms with Crippen molar-refractivity contribution in [2.24, 2.45) is 0 Å². The molecule has 0 radical (unpaired) electrons. The summed E-state index contributed by atoms with van der Waals surface area (Å²) in [4.78, 5) is 26.3. The van der Waals surface area contributed by atoms with Gasteiger partial charge < -0.3 is 43.2 Å². The van der Waals surface area contributed by atoms with Gasteiger partial charge in [0.05, 0.1) is 36.9 Å². The van der Waals surface area contributed by atoms with Crippen molar-refractivity contribution in [2.45, 2.75) is 139 Å². The normalized spacial score (nSPS) is 12.9. The van der Waals surface area contributed by atoms with Gasteiger partial charge in [0.15, 0.2) is 0 Å². The Kier molecular flexibility index (Phi) is 20.3. The number of hydrogen-bond donors (Lipinski definition) is 1. The van der Waals surface area contributed by atoms with E-state index in [1.807, 2.05) is 27.7 Å². The number of carbonyl (C=O) groups is 1. The van der Waals surface area contributed by atoms with E-state index in [-0.39, 0.29) is 66.9 Å². The lowest BCUT2D eigenvalue weighted by Gasteiger charge is -2.28. The summed E-state index contributed by atoms with van der Waals surface area (Å²) in [5.74, 6) is 1.94. The van der Waals surface area contributed by atoms with E-state index in [0.29, 0.717) is 94.1 Å². The van der Waals surface area contributed by atoms with Crippen molar-refractivity contribution in [3.63, 3.8) is 0 Å². The van der Waals surface area contributed by atoms with E-state index in [2.05, 4.69) is 104 Å². The summed E-state index contributed by atoms with van der Waals surface area (Å²) in [6.45, 7) is 33.3. The molecule has 0 unspecified atom stereocenters. The molecule has 0 aliphatic heterocycles. The topological polar surface area (TPSA) is 146 Å². The summed E-state index contributed by atoms with van der Waals surface area (Å²) in [5.41, 5.74) is 8.47. The number of fused-ring (bicyclic) bond motifs is 8. The highest BCUT2D eigenvalue weighted by Gasteiger charge is 2.33. The Balaban J connectivity index is 2.05. The molecule has 0 fully saturated rings. The molecule has 0 atom stereocenters. The largest absolute Gasteiger partial charge is 0.491 e. The number of ether oxygens (including phenoxy) is 8. The molecule has 1 N–H and O–H groups in total. The molecule has 0 saturated carbocycles. The number of hydrogen-bond acceptors (Lipinski definition) is 11. The van der Waals surface area contributed by atoms with Crippen molar-refractivity contribution < 1.29 is 47.6 Å². The second-order valence-electron chi connectivity index (χ2n) is 21.2. The molecule has 0 spiro atoms. The van der Waals surface area contributed by atoms with Crippen molar-refractivity contribution in [1.82, 2.24) is 0 Å². The number of anilines is 1. The van der Waals surface area contributed by atoms with Gasteiger partial charge in [0.2, 0.25) is 5.91 Å². The molecule has 71 heavy (non-hydrogen) atoms. The number of nitro groups is 1. The molecule has 0 heterocycles. The van der Waals surface area contributed by atoms with Crippen LogP contribution in [0.25, 0.3) is 0 Å². The second-order valence-corrected chi connectivity index (χ2v) is 21.2. The van der Waals surface area contributed by atoms with Gasteiger partial charge in [-0.1, -0.05) is 98.7 Å². The molecule has 1 aliphatic rings. The van der Waals surface area contributed by atoms with Crippen molar-refractivity contribution in [3.8, 4) is 23.0 Å². The van der Waals surface area contributed by atoms with Crippen LogP contribution in [-0.2, 0) is 65.7 Å². The Labute approximate surface area is 423 Å². The highest BCUT2D eigenvalue weighted by atomic mass is 16.6. The minimum absolute atomic E-state index is 0.0254. The first-order valence-electron chi connectivity index (χ1n) is 25.5. The zero-order chi connectivity index (χ0) is 52.1. The Bertz CT molecular complexity index is 2440.